The molecule has 2 N–H and O–H groups in total. The maximum atomic E-state index is 5.33. The summed E-state index contributed by atoms with van der Waals surface area (Å²) >= 11 is 0. The summed E-state index contributed by atoms with van der Waals surface area (Å²) in [6.45, 7) is 5.44. The standard InChI is InChI=1S/C12H21N5O/c1-3-4-10-11(13-2)14-9-15-12(10)16-17-5-7-18-8-6-17/h9H,3-8H2,1-2H3,(H2,13,14,15,16). The van der Waals surface area contributed by atoms with Crippen LogP contribution in [-0.4, -0.2) is 48.3 Å². The van der Waals surface area contributed by atoms with Crippen LogP contribution in [0.2, 0.25) is 0 Å². The van der Waals surface area contributed by atoms with Gasteiger partial charge in [-0.1, -0.05) is 13.3 Å². The number of hydrogen-bond donors (Lipinski definition) is 2. The van der Waals surface area contributed by atoms with Crippen LogP contribution in [0.25, 0.3) is 0 Å². The predicted octanol–water partition coefficient (Wildman–Crippen LogP) is 1.13. The van der Waals surface area contributed by atoms with Gasteiger partial charge in [0.2, 0.25) is 0 Å². The fourth-order valence-electron chi connectivity index (χ4n) is 2.04. The molecule has 18 heavy (non-hydrogen) atoms. The monoisotopic (exact) mass is 251 g/mol. The molecule has 1 aromatic heterocycles. The Morgan fingerprint density at radius 1 is 1.28 bits per heavy atom. The Labute approximate surface area is 108 Å². The third-order valence-electron chi connectivity index (χ3n) is 2.96. The van der Waals surface area contributed by atoms with E-state index >= 15 is 0 Å². The Hall–Kier alpha value is -1.40. The van der Waals surface area contributed by atoms with Crippen LogP contribution in [0, 0.1) is 0 Å². The van der Waals surface area contributed by atoms with Crippen molar-refractivity contribution in [1.29, 1.82) is 0 Å². The van der Waals surface area contributed by atoms with Crippen molar-refractivity contribution in [3.8, 4) is 0 Å². The highest BCUT2D eigenvalue weighted by Crippen LogP contribution is 2.21. The average Bonchev–Trinajstić information content (AvgIpc) is 2.42. The Morgan fingerprint density at radius 3 is 2.67 bits per heavy atom. The Kier molecular flexibility index (Phi) is 4.72. The number of aromatic nitrogens is 2. The van der Waals surface area contributed by atoms with E-state index < -0.39 is 0 Å². The molecule has 2 rings (SSSR count). The number of ether oxygens (including phenoxy) is 1. The topological polar surface area (TPSA) is 62.3 Å². The number of anilines is 2. The van der Waals surface area contributed by atoms with E-state index in [1.807, 2.05) is 7.05 Å². The van der Waals surface area contributed by atoms with Gasteiger partial charge in [0.05, 0.1) is 13.2 Å². The van der Waals surface area contributed by atoms with Gasteiger partial charge in [-0.3, -0.25) is 0 Å². The number of hydrazine groups is 1. The van der Waals surface area contributed by atoms with Crippen LogP contribution in [0.4, 0.5) is 11.6 Å². The molecule has 0 radical (unpaired) electrons. The first-order valence-corrected chi connectivity index (χ1v) is 6.46. The van der Waals surface area contributed by atoms with Gasteiger partial charge in [0, 0.05) is 25.7 Å². The number of nitrogens with zero attached hydrogens (tertiary/aromatic N) is 3. The van der Waals surface area contributed by atoms with Crippen molar-refractivity contribution in [2.45, 2.75) is 19.8 Å². The summed E-state index contributed by atoms with van der Waals surface area (Å²) in [4.78, 5) is 8.62. The lowest BCUT2D eigenvalue weighted by Crippen LogP contribution is -2.40. The summed E-state index contributed by atoms with van der Waals surface area (Å²) in [6.07, 6.45) is 3.62. The van der Waals surface area contributed by atoms with Gasteiger partial charge in [0.15, 0.2) is 0 Å². The molecule has 0 amide bonds. The smallest absolute Gasteiger partial charge is 0.149 e. The molecular weight excluding hydrogens is 230 g/mol. The van der Waals surface area contributed by atoms with E-state index in [1.165, 1.54) is 0 Å². The van der Waals surface area contributed by atoms with Crippen molar-refractivity contribution < 1.29 is 4.74 Å². The highest BCUT2D eigenvalue weighted by molar-refractivity contribution is 5.56. The number of rotatable bonds is 5. The van der Waals surface area contributed by atoms with Crippen molar-refractivity contribution in [3.63, 3.8) is 0 Å². The van der Waals surface area contributed by atoms with E-state index in [0.717, 1.165) is 56.3 Å². The fraction of sp³-hybridized carbons (Fsp3) is 0.667. The highest BCUT2D eigenvalue weighted by atomic mass is 16.5. The normalized spacial score (nSPS) is 16.6. The van der Waals surface area contributed by atoms with Crippen molar-refractivity contribution in [3.05, 3.63) is 11.9 Å². The summed E-state index contributed by atoms with van der Waals surface area (Å²) in [5.74, 6) is 1.81. The third kappa shape index (κ3) is 3.08. The minimum Gasteiger partial charge on any atom is -0.379 e. The second-order valence-corrected chi connectivity index (χ2v) is 4.26. The van der Waals surface area contributed by atoms with E-state index in [1.54, 1.807) is 6.33 Å². The molecule has 6 heteroatoms. The summed E-state index contributed by atoms with van der Waals surface area (Å²) in [5, 5.41) is 5.27. The first kappa shape index (κ1) is 13.0. The van der Waals surface area contributed by atoms with Crippen LogP contribution in [0.15, 0.2) is 6.33 Å². The van der Waals surface area contributed by atoms with Crippen LogP contribution in [-0.2, 0) is 11.2 Å². The molecule has 1 saturated heterocycles. The molecule has 1 aliphatic heterocycles. The van der Waals surface area contributed by atoms with Crippen molar-refractivity contribution >= 4 is 11.6 Å². The van der Waals surface area contributed by atoms with Crippen molar-refractivity contribution in [2.75, 3.05) is 44.1 Å². The van der Waals surface area contributed by atoms with Gasteiger partial charge in [-0.15, -0.1) is 0 Å². The quantitative estimate of drug-likeness (QED) is 0.818. The highest BCUT2D eigenvalue weighted by Gasteiger charge is 2.14. The van der Waals surface area contributed by atoms with Gasteiger partial charge in [0.25, 0.3) is 0 Å². The first-order chi connectivity index (χ1) is 8.85. The lowest BCUT2D eigenvalue weighted by Gasteiger charge is -2.28. The molecule has 0 aromatic carbocycles. The second-order valence-electron chi connectivity index (χ2n) is 4.26. The van der Waals surface area contributed by atoms with Crippen LogP contribution in [0.1, 0.15) is 18.9 Å². The number of hydrogen-bond acceptors (Lipinski definition) is 6. The van der Waals surface area contributed by atoms with Gasteiger partial charge in [0.1, 0.15) is 18.0 Å². The Morgan fingerprint density at radius 2 is 2.00 bits per heavy atom. The minimum absolute atomic E-state index is 0.764. The Balaban J connectivity index is 2.14. The number of nitrogens with one attached hydrogen (secondary N) is 2. The summed E-state index contributed by atoms with van der Waals surface area (Å²) < 4.78 is 5.33. The zero-order valence-corrected chi connectivity index (χ0v) is 11.1. The fourth-order valence-corrected chi connectivity index (χ4v) is 2.04. The Bertz CT molecular complexity index is 379. The van der Waals surface area contributed by atoms with Crippen LogP contribution >= 0.6 is 0 Å². The van der Waals surface area contributed by atoms with Crippen molar-refractivity contribution in [2.24, 2.45) is 0 Å². The van der Waals surface area contributed by atoms with Crippen molar-refractivity contribution in [1.82, 2.24) is 15.0 Å². The van der Waals surface area contributed by atoms with Gasteiger partial charge in [-0.2, -0.15) is 0 Å². The minimum atomic E-state index is 0.764. The molecule has 0 unspecified atom stereocenters. The van der Waals surface area contributed by atoms with E-state index in [2.05, 4.69) is 32.6 Å². The van der Waals surface area contributed by atoms with Crippen LogP contribution < -0.4 is 10.7 Å². The van der Waals surface area contributed by atoms with E-state index in [4.69, 9.17) is 4.74 Å². The van der Waals surface area contributed by atoms with E-state index in [0.29, 0.717) is 0 Å². The van der Waals surface area contributed by atoms with Gasteiger partial charge < -0.3 is 15.5 Å². The second kappa shape index (κ2) is 6.51. The number of morpholine rings is 1. The lowest BCUT2D eigenvalue weighted by atomic mass is 10.1. The molecule has 1 fully saturated rings. The van der Waals surface area contributed by atoms with Gasteiger partial charge >= 0.3 is 0 Å². The maximum Gasteiger partial charge on any atom is 0.149 e. The van der Waals surface area contributed by atoms with E-state index in [9.17, 15) is 0 Å². The molecule has 6 nitrogen and oxygen atoms in total. The lowest BCUT2D eigenvalue weighted by molar-refractivity contribution is 0.0494. The largest absolute Gasteiger partial charge is 0.379 e. The van der Waals surface area contributed by atoms with Gasteiger partial charge in [-0.05, 0) is 6.42 Å². The molecule has 100 valence electrons. The summed E-state index contributed by atoms with van der Waals surface area (Å²) in [5.41, 5.74) is 4.52. The molecular formula is C12H21N5O. The predicted molar refractivity (Wildman–Crippen MR) is 71.6 cm³/mol. The third-order valence-corrected chi connectivity index (χ3v) is 2.96. The molecule has 0 spiro atoms. The molecule has 1 aliphatic rings. The maximum absolute atomic E-state index is 5.33. The zero-order chi connectivity index (χ0) is 12.8. The SMILES string of the molecule is CCCc1c(NC)ncnc1NN1CCOCC1. The molecule has 0 atom stereocenters. The van der Waals surface area contributed by atoms with E-state index in [-0.39, 0.29) is 0 Å². The average molecular weight is 251 g/mol. The molecule has 0 saturated carbocycles. The van der Waals surface area contributed by atoms with Crippen LogP contribution in [0.3, 0.4) is 0 Å². The summed E-state index contributed by atoms with van der Waals surface area (Å²) in [6, 6.07) is 0. The molecule has 2 heterocycles. The molecule has 0 aliphatic carbocycles. The summed E-state index contributed by atoms with van der Waals surface area (Å²) in [7, 11) is 1.89. The van der Waals surface area contributed by atoms with Crippen LogP contribution in [0.5, 0.6) is 0 Å². The first-order valence-electron chi connectivity index (χ1n) is 6.46. The zero-order valence-electron chi connectivity index (χ0n) is 11.1. The molecule has 0 bridgehead atoms. The molecule has 1 aromatic rings. The van der Waals surface area contributed by atoms with Gasteiger partial charge in [-0.25, -0.2) is 15.0 Å².